The van der Waals surface area contributed by atoms with Crippen LogP contribution in [0.4, 0.5) is 0 Å². The molecule has 0 bridgehead atoms. The lowest BCUT2D eigenvalue weighted by Crippen LogP contribution is -2.51. The number of nitrogens with two attached hydrogens (primary N) is 1. The molecule has 0 spiro atoms. The molecular weight excluding hydrogens is 216 g/mol. The summed E-state index contributed by atoms with van der Waals surface area (Å²) in [5, 5.41) is 0. The predicted octanol–water partition coefficient (Wildman–Crippen LogP) is 0.943. The highest BCUT2D eigenvalue weighted by Gasteiger charge is 2.40. The fourth-order valence-corrected chi connectivity index (χ4v) is 2.15. The molecule has 0 aliphatic carbocycles. The van der Waals surface area contributed by atoms with Gasteiger partial charge in [0.2, 0.25) is 5.91 Å². The maximum atomic E-state index is 12.5. The van der Waals surface area contributed by atoms with E-state index in [-0.39, 0.29) is 5.91 Å². The number of carbonyl (C=O) groups is 1. The van der Waals surface area contributed by atoms with Crippen molar-refractivity contribution in [1.29, 1.82) is 0 Å². The summed E-state index contributed by atoms with van der Waals surface area (Å²) in [7, 11) is 0. The highest BCUT2D eigenvalue weighted by atomic mass is 16.5. The van der Waals surface area contributed by atoms with Crippen molar-refractivity contribution in [2.45, 2.75) is 12.8 Å². The summed E-state index contributed by atoms with van der Waals surface area (Å²) in [4.78, 5) is 14.3. The minimum Gasteiger partial charge on any atom is -0.381 e. The van der Waals surface area contributed by atoms with E-state index < -0.39 is 5.41 Å². The summed E-state index contributed by atoms with van der Waals surface area (Å²) in [5.41, 5.74) is 5.36. The summed E-state index contributed by atoms with van der Waals surface area (Å²) in [6, 6.07) is 0. The molecule has 2 N–H and O–H groups in total. The van der Waals surface area contributed by atoms with Gasteiger partial charge >= 0.3 is 0 Å². The van der Waals surface area contributed by atoms with Gasteiger partial charge in [-0.25, -0.2) is 0 Å². The molecule has 1 aliphatic rings. The van der Waals surface area contributed by atoms with Crippen molar-refractivity contribution in [1.82, 2.24) is 4.90 Å². The molecule has 17 heavy (non-hydrogen) atoms. The third-order valence-corrected chi connectivity index (χ3v) is 3.28. The Kier molecular flexibility index (Phi) is 5.38. The molecule has 4 heteroatoms. The van der Waals surface area contributed by atoms with Crippen LogP contribution in [-0.2, 0) is 9.53 Å². The van der Waals surface area contributed by atoms with E-state index >= 15 is 0 Å². The van der Waals surface area contributed by atoms with Crippen molar-refractivity contribution in [3.63, 3.8) is 0 Å². The van der Waals surface area contributed by atoms with Gasteiger partial charge in [0.1, 0.15) is 0 Å². The van der Waals surface area contributed by atoms with Crippen LogP contribution in [0.3, 0.4) is 0 Å². The summed E-state index contributed by atoms with van der Waals surface area (Å²) in [5.74, 6) is 0.100. The van der Waals surface area contributed by atoms with Crippen LogP contribution in [0.2, 0.25) is 0 Å². The Hall–Kier alpha value is -1.13. The van der Waals surface area contributed by atoms with Gasteiger partial charge < -0.3 is 15.4 Å². The fraction of sp³-hybridized carbons (Fsp3) is 0.615. The number of hydrogen-bond donors (Lipinski definition) is 1. The Labute approximate surface area is 103 Å². The van der Waals surface area contributed by atoms with Gasteiger partial charge in [0.05, 0.1) is 5.41 Å². The summed E-state index contributed by atoms with van der Waals surface area (Å²) in [6.07, 6.45) is 4.86. The van der Waals surface area contributed by atoms with E-state index in [4.69, 9.17) is 10.5 Å². The first-order valence-electron chi connectivity index (χ1n) is 5.99. The lowest BCUT2D eigenvalue weighted by atomic mass is 9.79. The Balaban J connectivity index is 2.80. The van der Waals surface area contributed by atoms with Crippen molar-refractivity contribution in [2.75, 3.05) is 32.8 Å². The first-order valence-corrected chi connectivity index (χ1v) is 5.99. The van der Waals surface area contributed by atoms with Gasteiger partial charge in [-0.3, -0.25) is 4.79 Å². The summed E-state index contributed by atoms with van der Waals surface area (Å²) < 4.78 is 5.31. The van der Waals surface area contributed by atoms with Crippen molar-refractivity contribution in [2.24, 2.45) is 11.1 Å². The average molecular weight is 238 g/mol. The van der Waals surface area contributed by atoms with Crippen molar-refractivity contribution < 1.29 is 9.53 Å². The van der Waals surface area contributed by atoms with Gasteiger partial charge in [-0.1, -0.05) is 12.2 Å². The summed E-state index contributed by atoms with van der Waals surface area (Å²) in [6.45, 7) is 10.0. The molecule has 0 aromatic heterocycles. The second-order valence-electron chi connectivity index (χ2n) is 4.38. The van der Waals surface area contributed by atoms with Crippen LogP contribution in [-0.4, -0.2) is 43.7 Å². The van der Waals surface area contributed by atoms with E-state index in [1.807, 2.05) is 0 Å². The average Bonchev–Trinajstić information content (AvgIpc) is 2.38. The molecule has 1 heterocycles. The largest absolute Gasteiger partial charge is 0.381 e. The van der Waals surface area contributed by atoms with Crippen LogP contribution in [0, 0.1) is 5.41 Å². The normalized spacial score (nSPS) is 18.4. The molecule has 1 saturated heterocycles. The number of rotatable bonds is 6. The highest BCUT2D eigenvalue weighted by Crippen LogP contribution is 2.31. The molecule has 1 fully saturated rings. The molecule has 96 valence electrons. The van der Waals surface area contributed by atoms with Crippen LogP contribution in [0.1, 0.15) is 12.8 Å². The van der Waals surface area contributed by atoms with Gasteiger partial charge in [-0.15, -0.1) is 13.2 Å². The van der Waals surface area contributed by atoms with E-state index in [1.165, 1.54) is 0 Å². The maximum absolute atomic E-state index is 12.5. The van der Waals surface area contributed by atoms with Gasteiger partial charge in [0, 0.05) is 32.8 Å². The minimum atomic E-state index is -0.454. The third kappa shape index (κ3) is 3.17. The van der Waals surface area contributed by atoms with E-state index in [0.717, 1.165) is 0 Å². The SMILES string of the molecule is C=CCN(CC=C)C(=O)C1(CN)CCOCC1. The molecular formula is C13H22N2O2. The van der Waals surface area contributed by atoms with E-state index in [2.05, 4.69) is 13.2 Å². The molecule has 0 saturated carbocycles. The van der Waals surface area contributed by atoms with Gasteiger partial charge in [0.15, 0.2) is 0 Å². The van der Waals surface area contributed by atoms with Crippen molar-refractivity contribution in [3.8, 4) is 0 Å². The first kappa shape index (κ1) is 13.9. The van der Waals surface area contributed by atoms with Crippen LogP contribution in [0.25, 0.3) is 0 Å². The quantitative estimate of drug-likeness (QED) is 0.701. The molecule has 1 aliphatic heterocycles. The summed E-state index contributed by atoms with van der Waals surface area (Å²) >= 11 is 0. The number of nitrogens with zero attached hydrogens (tertiary/aromatic N) is 1. The lowest BCUT2D eigenvalue weighted by Gasteiger charge is -2.38. The Morgan fingerprint density at radius 1 is 1.29 bits per heavy atom. The van der Waals surface area contributed by atoms with Crippen LogP contribution in [0.15, 0.2) is 25.3 Å². The second kappa shape index (κ2) is 6.57. The van der Waals surface area contributed by atoms with Crippen LogP contribution in [0.5, 0.6) is 0 Å². The van der Waals surface area contributed by atoms with Crippen LogP contribution < -0.4 is 5.73 Å². The zero-order valence-corrected chi connectivity index (χ0v) is 10.4. The Bertz CT molecular complexity index is 273. The molecule has 0 radical (unpaired) electrons. The maximum Gasteiger partial charge on any atom is 0.230 e. The zero-order valence-electron chi connectivity index (χ0n) is 10.4. The third-order valence-electron chi connectivity index (χ3n) is 3.28. The predicted molar refractivity (Wildman–Crippen MR) is 68.5 cm³/mol. The minimum absolute atomic E-state index is 0.100. The molecule has 0 atom stereocenters. The highest BCUT2D eigenvalue weighted by molar-refractivity contribution is 5.83. The number of ether oxygens (including phenoxy) is 1. The van der Waals surface area contributed by atoms with E-state index in [9.17, 15) is 4.79 Å². The standard InChI is InChI=1S/C13H22N2O2/c1-3-7-15(8-4-2)12(16)13(11-14)5-9-17-10-6-13/h3-4H,1-2,5-11,14H2. The zero-order chi connectivity index (χ0) is 12.7. The van der Waals surface area contributed by atoms with Gasteiger partial charge in [0.25, 0.3) is 0 Å². The molecule has 0 aromatic carbocycles. The molecule has 0 aromatic rings. The number of hydrogen-bond acceptors (Lipinski definition) is 3. The molecule has 1 rings (SSSR count). The fourth-order valence-electron chi connectivity index (χ4n) is 2.15. The first-order chi connectivity index (χ1) is 8.20. The number of amides is 1. The molecule has 4 nitrogen and oxygen atoms in total. The van der Waals surface area contributed by atoms with E-state index in [1.54, 1.807) is 17.1 Å². The number of carbonyl (C=O) groups excluding carboxylic acids is 1. The second-order valence-corrected chi connectivity index (χ2v) is 4.38. The van der Waals surface area contributed by atoms with Crippen molar-refractivity contribution in [3.05, 3.63) is 25.3 Å². The Morgan fingerprint density at radius 2 is 1.82 bits per heavy atom. The monoisotopic (exact) mass is 238 g/mol. The Morgan fingerprint density at radius 3 is 2.24 bits per heavy atom. The molecule has 1 amide bonds. The smallest absolute Gasteiger partial charge is 0.230 e. The van der Waals surface area contributed by atoms with Gasteiger partial charge in [-0.05, 0) is 12.8 Å². The van der Waals surface area contributed by atoms with Gasteiger partial charge in [-0.2, -0.15) is 0 Å². The molecule has 0 unspecified atom stereocenters. The van der Waals surface area contributed by atoms with Crippen LogP contribution >= 0.6 is 0 Å². The topological polar surface area (TPSA) is 55.6 Å². The van der Waals surface area contributed by atoms with E-state index in [0.29, 0.717) is 45.7 Å². The van der Waals surface area contributed by atoms with Crippen molar-refractivity contribution >= 4 is 5.91 Å². The lowest BCUT2D eigenvalue weighted by molar-refractivity contribution is -0.146.